The first-order chi connectivity index (χ1) is 15.0. The van der Waals surface area contributed by atoms with Gasteiger partial charge in [0.25, 0.3) is 0 Å². The van der Waals surface area contributed by atoms with Crippen LogP contribution >= 0.6 is 0 Å². The van der Waals surface area contributed by atoms with Crippen molar-refractivity contribution in [1.29, 1.82) is 0 Å². The van der Waals surface area contributed by atoms with Crippen molar-refractivity contribution in [3.8, 4) is 0 Å². The molecule has 164 valence electrons. The molecule has 1 aromatic carbocycles. The van der Waals surface area contributed by atoms with Crippen LogP contribution in [-0.4, -0.2) is 35.0 Å². The van der Waals surface area contributed by atoms with E-state index < -0.39 is 12.0 Å². The number of carbonyl (C=O) groups is 3. The van der Waals surface area contributed by atoms with Crippen molar-refractivity contribution in [3.05, 3.63) is 53.9 Å². The summed E-state index contributed by atoms with van der Waals surface area (Å²) in [6.07, 6.45) is 5.95. The quantitative estimate of drug-likeness (QED) is 0.747. The molecule has 0 unspecified atom stereocenters. The lowest BCUT2D eigenvalue weighted by Gasteiger charge is -2.37. The van der Waals surface area contributed by atoms with E-state index >= 15 is 0 Å². The minimum Gasteiger partial charge on any atom is -0.462 e. The van der Waals surface area contributed by atoms with Gasteiger partial charge in [0.05, 0.1) is 17.9 Å². The number of esters is 1. The van der Waals surface area contributed by atoms with Crippen molar-refractivity contribution < 1.29 is 19.1 Å². The predicted octanol–water partition coefficient (Wildman–Crippen LogP) is 3.45. The topological polar surface area (TPSA) is 80.6 Å². The van der Waals surface area contributed by atoms with E-state index in [-0.39, 0.29) is 24.4 Å². The Morgan fingerprint density at radius 3 is 2.48 bits per heavy atom. The molecule has 0 radical (unpaired) electrons. The number of hydrogen-bond donors (Lipinski definition) is 1. The molecule has 1 aromatic heterocycles. The molecule has 2 aromatic rings. The number of anilines is 1. The van der Waals surface area contributed by atoms with Gasteiger partial charge in [0.2, 0.25) is 11.8 Å². The molecule has 1 fully saturated rings. The summed E-state index contributed by atoms with van der Waals surface area (Å²) in [6, 6.07) is 9.80. The van der Waals surface area contributed by atoms with Crippen LogP contribution in [0.25, 0.3) is 0 Å². The van der Waals surface area contributed by atoms with Crippen LogP contribution in [0.5, 0.6) is 0 Å². The summed E-state index contributed by atoms with van der Waals surface area (Å²) >= 11 is 0. The van der Waals surface area contributed by atoms with E-state index in [2.05, 4.69) is 12.2 Å². The lowest BCUT2D eigenvalue weighted by molar-refractivity contribution is -0.128. The Morgan fingerprint density at radius 2 is 1.81 bits per heavy atom. The number of benzene rings is 1. The van der Waals surface area contributed by atoms with Crippen LogP contribution in [0.3, 0.4) is 0 Å². The summed E-state index contributed by atoms with van der Waals surface area (Å²) in [5, 5.41) is 3.19. The number of aromatic nitrogens is 1. The van der Waals surface area contributed by atoms with Crippen LogP contribution in [0.4, 0.5) is 5.69 Å². The highest BCUT2D eigenvalue weighted by Crippen LogP contribution is 2.33. The molecular weight excluding hydrogens is 394 g/mol. The fourth-order valence-corrected chi connectivity index (χ4v) is 4.52. The average Bonchev–Trinajstić information content (AvgIpc) is 3.22. The minimum atomic E-state index is -0.746. The number of nitrogens with zero attached hydrogens (tertiary/aromatic N) is 2. The molecule has 1 aliphatic carbocycles. The molecule has 0 bridgehead atoms. The number of fused-ring (bicyclic) bond motifs is 1. The maximum absolute atomic E-state index is 13.4. The zero-order valence-electron chi connectivity index (χ0n) is 18.0. The van der Waals surface area contributed by atoms with Gasteiger partial charge in [-0.05, 0) is 74.9 Å². The third-order valence-corrected chi connectivity index (χ3v) is 6.24. The normalized spacial score (nSPS) is 23.2. The number of rotatable bonds is 5. The van der Waals surface area contributed by atoms with E-state index in [0.29, 0.717) is 23.8 Å². The fourth-order valence-electron chi connectivity index (χ4n) is 4.52. The zero-order valence-corrected chi connectivity index (χ0v) is 18.0. The molecule has 2 amide bonds. The third-order valence-electron chi connectivity index (χ3n) is 6.24. The maximum Gasteiger partial charge on any atom is 0.338 e. The second-order valence-electron chi connectivity index (χ2n) is 8.46. The Morgan fingerprint density at radius 1 is 1.10 bits per heavy atom. The predicted molar refractivity (Wildman–Crippen MR) is 117 cm³/mol. The molecule has 0 saturated heterocycles. The Kier molecular flexibility index (Phi) is 6.11. The van der Waals surface area contributed by atoms with Gasteiger partial charge in [-0.3, -0.25) is 14.5 Å². The Bertz CT molecular complexity index is 957. The van der Waals surface area contributed by atoms with Gasteiger partial charge >= 0.3 is 5.97 Å². The van der Waals surface area contributed by atoms with Gasteiger partial charge < -0.3 is 14.6 Å². The average molecular weight is 424 g/mol. The van der Waals surface area contributed by atoms with E-state index in [4.69, 9.17) is 4.74 Å². The fraction of sp³-hybridized carbons (Fsp3) is 0.458. The molecule has 0 spiro atoms. The first-order valence-electron chi connectivity index (χ1n) is 11.0. The highest BCUT2D eigenvalue weighted by molar-refractivity contribution is 6.02. The third kappa shape index (κ3) is 4.36. The van der Waals surface area contributed by atoms with Crippen molar-refractivity contribution >= 4 is 23.5 Å². The van der Waals surface area contributed by atoms with Crippen molar-refractivity contribution in [2.75, 3.05) is 11.5 Å². The van der Waals surface area contributed by atoms with E-state index in [1.165, 1.54) is 0 Å². The van der Waals surface area contributed by atoms with Crippen LogP contribution in [0, 0.1) is 5.92 Å². The van der Waals surface area contributed by atoms with Crippen molar-refractivity contribution in [3.63, 3.8) is 0 Å². The standard InChI is InChI=1S/C24H29N3O4/c1-3-31-24(30)17-8-12-19(13-9-17)27-21(28)15-26-14-4-5-20(26)22(27)23(29)25-18-10-6-16(2)7-11-18/h4-5,8-9,12-14,16,18,22H,3,6-7,10-11,15H2,1-2H3,(H,25,29)/t16?,18?,22-/m0/s1. The van der Waals surface area contributed by atoms with Crippen molar-refractivity contribution in [2.45, 2.75) is 58.2 Å². The second kappa shape index (κ2) is 8.96. The molecule has 31 heavy (non-hydrogen) atoms. The minimum absolute atomic E-state index is 0.136. The first-order valence-corrected chi connectivity index (χ1v) is 11.0. The highest BCUT2D eigenvalue weighted by Gasteiger charge is 2.39. The van der Waals surface area contributed by atoms with Crippen LogP contribution in [-0.2, 0) is 20.9 Å². The van der Waals surface area contributed by atoms with E-state index in [9.17, 15) is 14.4 Å². The van der Waals surface area contributed by atoms with Gasteiger partial charge in [-0.15, -0.1) is 0 Å². The maximum atomic E-state index is 13.4. The molecule has 1 N–H and O–H groups in total. The van der Waals surface area contributed by atoms with Gasteiger partial charge in [-0.1, -0.05) is 6.92 Å². The first kappa shape index (κ1) is 21.2. The molecule has 1 aliphatic heterocycles. The summed E-state index contributed by atoms with van der Waals surface area (Å²) in [5.74, 6) is -0.0446. The molecule has 7 nitrogen and oxygen atoms in total. The van der Waals surface area contributed by atoms with Crippen molar-refractivity contribution in [2.24, 2.45) is 5.92 Å². The lowest BCUT2D eigenvalue weighted by atomic mass is 9.87. The number of ether oxygens (including phenoxy) is 1. The van der Waals surface area contributed by atoms with Gasteiger partial charge in [0.15, 0.2) is 6.04 Å². The summed E-state index contributed by atoms with van der Waals surface area (Å²) in [5.41, 5.74) is 1.79. The summed E-state index contributed by atoms with van der Waals surface area (Å²) in [7, 11) is 0. The molecule has 1 atom stereocenters. The molecule has 4 rings (SSSR count). The monoisotopic (exact) mass is 423 g/mol. The summed E-state index contributed by atoms with van der Waals surface area (Å²) < 4.78 is 6.87. The van der Waals surface area contributed by atoms with E-state index in [1.54, 1.807) is 36.1 Å². The molecule has 2 heterocycles. The summed E-state index contributed by atoms with van der Waals surface area (Å²) in [4.78, 5) is 40.0. The van der Waals surface area contributed by atoms with Crippen LogP contribution in [0.2, 0.25) is 0 Å². The number of carbonyl (C=O) groups excluding carboxylic acids is 3. The Labute approximate surface area is 182 Å². The molecule has 7 heteroatoms. The molecule has 1 saturated carbocycles. The zero-order chi connectivity index (χ0) is 22.0. The van der Waals surface area contributed by atoms with Crippen LogP contribution in [0.15, 0.2) is 42.6 Å². The smallest absolute Gasteiger partial charge is 0.338 e. The lowest BCUT2D eigenvalue weighted by Crippen LogP contribution is -2.51. The van der Waals surface area contributed by atoms with E-state index in [1.807, 2.05) is 22.9 Å². The SMILES string of the molecule is CCOC(=O)c1ccc(N2C(=O)Cn3cccc3[C@H]2C(=O)NC2CCC(C)CC2)cc1. The van der Waals surface area contributed by atoms with Crippen LogP contribution in [0.1, 0.15) is 61.6 Å². The second-order valence-corrected chi connectivity index (χ2v) is 8.46. The summed E-state index contributed by atoms with van der Waals surface area (Å²) in [6.45, 7) is 4.47. The Balaban J connectivity index is 1.61. The largest absolute Gasteiger partial charge is 0.462 e. The number of nitrogens with one attached hydrogen (secondary N) is 1. The van der Waals surface area contributed by atoms with E-state index in [0.717, 1.165) is 31.4 Å². The number of amides is 2. The number of hydrogen-bond acceptors (Lipinski definition) is 4. The van der Waals surface area contributed by atoms with Gasteiger partial charge in [-0.2, -0.15) is 0 Å². The van der Waals surface area contributed by atoms with Crippen LogP contribution < -0.4 is 10.2 Å². The van der Waals surface area contributed by atoms with Gasteiger partial charge in [0.1, 0.15) is 6.54 Å². The molecule has 2 aliphatic rings. The molecular formula is C24H29N3O4. The van der Waals surface area contributed by atoms with Gasteiger partial charge in [-0.25, -0.2) is 4.79 Å². The van der Waals surface area contributed by atoms with Gasteiger partial charge in [0, 0.05) is 17.9 Å². The highest BCUT2D eigenvalue weighted by atomic mass is 16.5. The van der Waals surface area contributed by atoms with Crippen molar-refractivity contribution in [1.82, 2.24) is 9.88 Å². The Hall–Kier alpha value is -3.09.